The van der Waals surface area contributed by atoms with E-state index in [0.717, 1.165) is 11.1 Å². The highest BCUT2D eigenvalue weighted by Crippen LogP contribution is 2.25. The zero-order valence-electron chi connectivity index (χ0n) is 12.8. The van der Waals surface area contributed by atoms with Gasteiger partial charge in [0.15, 0.2) is 0 Å². The Labute approximate surface area is 133 Å². The van der Waals surface area contributed by atoms with Crippen LogP contribution in [-0.2, 0) is 9.53 Å². The molecule has 0 N–H and O–H groups in total. The lowest BCUT2D eigenvalue weighted by Gasteiger charge is -2.04. The van der Waals surface area contributed by atoms with E-state index in [0.29, 0.717) is 11.4 Å². The number of para-hydroxylation sites is 1. The fourth-order valence-corrected chi connectivity index (χ4v) is 1.87. The molecule has 0 atom stereocenters. The Morgan fingerprint density at radius 1 is 1.13 bits per heavy atom. The minimum absolute atomic E-state index is 0.324. The van der Waals surface area contributed by atoms with Gasteiger partial charge < -0.3 is 4.74 Å². The van der Waals surface area contributed by atoms with Gasteiger partial charge in [-0.3, -0.25) is 0 Å². The van der Waals surface area contributed by atoms with Gasteiger partial charge in [0.25, 0.3) is 0 Å². The quantitative estimate of drug-likeness (QED) is 0.473. The van der Waals surface area contributed by atoms with Gasteiger partial charge in [0, 0.05) is 11.6 Å². The minimum atomic E-state index is -0.429. The number of hydrogen-bond donors (Lipinski definition) is 0. The second-order valence-electron chi connectivity index (χ2n) is 4.67. The number of esters is 1. The van der Waals surface area contributed by atoms with E-state index in [1.54, 1.807) is 13.0 Å². The van der Waals surface area contributed by atoms with Gasteiger partial charge in [-0.05, 0) is 42.8 Å². The number of ether oxygens (including phenoxy) is 1. The number of carbonyl (C=O) groups excluding carboxylic acids is 1. The molecule has 0 fully saturated rings. The van der Waals surface area contributed by atoms with E-state index >= 15 is 0 Å². The van der Waals surface area contributed by atoms with E-state index in [9.17, 15) is 9.18 Å². The highest BCUT2D eigenvalue weighted by molar-refractivity contribution is 5.92. The summed E-state index contributed by atoms with van der Waals surface area (Å²) >= 11 is 0. The maximum Gasteiger partial charge on any atom is 0.330 e. The van der Waals surface area contributed by atoms with Gasteiger partial charge in [0.1, 0.15) is 11.8 Å². The van der Waals surface area contributed by atoms with Gasteiger partial charge in [-0.15, -0.1) is 0 Å². The molecule has 0 amide bonds. The van der Waals surface area contributed by atoms with E-state index in [1.807, 2.05) is 18.2 Å². The van der Waals surface area contributed by atoms with Crippen LogP contribution in [0.4, 0.5) is 15.8 Å². The Kier molecular flexibility index (Phi) is 5.56. The number of nitrogens with zero attached hydrogens (tertiary/aromatic N) is 2. The number of carbonyl (C=O) groups is 1. The van der Waals surface area contributed by atoms with Crippen LogP contribution in [-0.4, -0.2) is 19.1 Å². The summed E-state index contributed by atoms with van der Waals surface area (Å²) in [5.41, 5.74) is 2.67. The van der Waals surface area contributed by atoms with Crippen molar-refractivity contribution in [1.82, 2.24) is 0 Å². The maximum atomic E-state index is 12.8. The summed E-state index contributed by atoms with van der Waals surface area (Å²) in [6, 6.07) is 15.6. The molecule has 5 heteroatoms. The SMILES string of the molecule is COC(=O)/C=C(\C)c1ccccc1N=C=Nc1ccc(F)cc1. The molecule has 0 aromatic heterocycles. The number of rotatable bonds is 4. The Morgan fingerprint density at radius 3 is 2.52 bits per heavy atom. The first-order chi connectivity index (χ1) is 11.1. The van der Waals surface area contributed by atoms with Crippen molar-refractivity contribution in [2.75, 3.05) is 7.11 Å². The standard InChI is InChI=1S/C18H15FN2O2/c1-13(11-18(22)23-2)16-5-3-4-6-17(16)21-12-20-15-9-7-14(19)8-10-15/h3-11H,1-2H3/b13-11+. The first-order valence-corrected chi connectivity index (χ1v) is 6.88. The van der Waals surface area contributed by atoms with Crippen LogP contribution < -0.4 is 0 Å². The molecule has 0 spiro atoms. The Bertz CT molecular complexity index is 789. The molecule has 23 heavy (non-hydrogen) atoms. The van der Waals surface area contributed by atoms with E-state index in [2.05, 4.69) is 20.7 Å². The highest BCUT2D eigenvalue weighted by atomic mass is 19.1. The molecule has 0 bridgehead atoms. The van der Waals surface area contributed by atoms with Crippen molar-refractivity contribution in [3.05, 3.63) is 66.0 Å². The molecule has 2 aromatic rings. The van der Waals surface area contributed by atoms with E-state index in [1.165, 1.54) is 37.5 Å². The van der Waals surface area contributed by atoms with Crippen molar-refractivity contribution in [2.45, 2.75) is 6.92 Å². The highest BCUT2D eigenvalue weighted by Gasteiger charge is 2.04. The molecular formula is C18H15FN2O2. The van der Waals surface area contributed by atoms with Crippen molar-refractivity contribution in [3.8, 4) is 0 Å². The Morgan fingerprint density at radius 2 is 1.83 bits per heavy atom. The fraction of sp³-hybridized carbons (Fsp3) is 0.111. The third-order valence-electron chi connectivity index (χ3n) is 3.04. The van der Waals surface area contributed by atoms with Crippen molar-refractivity contribution in [3.63, 3.8) is 0 Å². The zero-order chi connectivity index (χ0) is 16.7. The predicted molar refractivity (Wildman–Crippen MR) is 87.7 cm³/mol. The smallest absolute Gasteiger partial charge is 0.330 e. The minimum Gasteiger partial charge on any atom is -0.466 e. The molecular weight excluding hydrogens is 295 g/mol. The van der Waals surface area contributed by atoms with Gasteiger partial charge in [0.05, 0.1) is 18.5 Å². The van der Waals surface area contributed by atoms with Crippen LogP contribution in [0.5, 0.6) is 0 Å². The lowest BCUT2D eigenvalue weighted by molar-refractivity contribution is -0.134. The molecule has 0 saturated heterocycles. The lowest BCUT2D eigenvalue weighted by atomic mass is 10.1. The van der Waals surface area contributed by atoms with Crippen molar-refractivity contribution < 1.29 is 13.9 Å². The monoisotopic (exact) mass is 310 g/mol. The van der Waals surface area contributed by atoms with Gasteiger partial charge >= 0.3 is 5.97 Å². The Hall–Kier alpha value is -3.04. The molecule has 0 saturated carbocycles. The van der Waals surface area contributed by atoms with Crippen molar-refractivity contribution >= 4 is 28.9 Å². The zero-order valence-corrected chi connectivity index (χ0v) is 12.8. The predicted octanol–water partition coefficient (Wildman–Crippen LogP) is 4.54. The van der Waals surface area contributed by atoms with Crippen molar-refractivity contribution in [2.24, 2.45) is 9.98 Å². The lowest BCUT2D eigenvalue weighted by Crippen LogP contribution is -1.95. The van der Waals surface area contributed by atoms with Gasteiger partial charge in [-0.2, -0.15) is 9.98 Å². The summed E-state index contributed by atoms with van der Waals surface area (Å²) in [6.07, 6.45) is 1.39. The average Bonchev–Trinajstić information content (AvgIpc) is 2.57. The molecule has 0 aliphatic heterocycles. The van der Waals surface area contributed by atoms with E-state index in [4.69, 9.17) is 0 Å². The molecule has 0 radical (unpaired) electrons. The molecule has 116 valence electrons. The number of benzene rings is 2. The number of hydrogen-bond acceptors (Lipinski definition) is 4. The Balaban J connectivity index is 2.30. The number of halogens is 1. The van der Waals surface area contributed by atoms with Crippen LogP contribution in [0.1, 0.15) is 12.5 Å². The second-order valence-corrected chi connectivity index (χ2v) is 4.67. The van der Waals surface area contributed by atoms with Crippen LogP contribution in [0.15, 0.2) is 64.6 Å². The van der Waals surface area contributed by atoms with Crippen LogP contribution in [0.2, 0.25) is 0 Å². The topological polar surface area (TPSA) is 51.0 Å². The maximum absolute atomic E-state index is 12.8. The molecule has 0 aliphatic rings. The normalized spacial score (nSPS) is 10.7. The van der Waals surface area contributed by atoms with E-state index in [-0.39, 0.29) is 5.82 Å². The van der Waals surface area contributed by atoms with Crippen LogP contribution in [0.25, 0.3) is 5.57 Å². The van der Waals surface area contributed by atoms with Crippen LogP contribution in [0, 0.1) is 5.82 Å². The van der Waals surface area contributed by atoms with Crippen LogP contribution in [0.3, 0.4) is 0 Å². The largest absolute Gasteiger partial charge is 0.466 e. The summed E-state index contributed by atoms with van der Waals surface area (Å²) in [4.78, 5) is 19.5. The molecule has 2 rings (SSSR count). The second kappa shape index (κ2) is 7.82. The average molecular weight is 310 g/mol. The van der Waals surface area contributed by atoms with Gasteiger partial charge in [-0.25, -0.2) is 9.18 Å². The summed E-state index contributed by atoms with van der Waals surface area (Å²) in [7, 11) is 1.32. The summed E-state index contributed by atoms with van der Waals surface area (Å²) in [5, 5.41) is 0. The van der Waals surface area contributed by atoms with Crippen LogP contribution >= 0.6 is 0 Å². The first-order valence-electron chi connectivity index (χ1n) is 6.88. The molecule has 0 unspecified atom stereocenters. The van der Waals surface area contributed by atoms with Gasteiger partial charge in [0.2, 0.25) is 0 Å². The molecule has 0 heterocycles. The summed E-state index contributed by atoms with van der Waals surface area (Å²) in [5.74, 6) is -0.754. The molecule has 2 aromatic carbocycles. The first kappa shape index (κ1) is 16.3. The number of allylic oxidation sites excluding steroid dienone is 1. The fourth-order valence-electron chi connectivity index (χ4n) is 1.87. The summed E-state index contributed by atoms with van der Waals surface area (Å²) in [6.45, 7) is 1.79. The molecule has 0 aliphatic carbocycles. The van der Waals surface area contributed by atoms with E-state index < -0.39 is 5.97 Å². The molecule has 4 nitrogen and oxygen atoms in total. The third-order valence-corrected chi connectivity index (χ3v) is 3.04. The summed E-state index contributed by atoms with van der Waals surface area (Å²) < 4.78 is 17.4. The number of methoxy groups -OCH3 is 1. The third kappa shape index (κ3) is 4.73. The van der Waals surface area contributed by atoms with Crippen molar-refractivity contribution in [1.29, 1.82) is 0 Å². The van der Waals surface area contributed by atoms with Gasteiger partial charge in [-0.1, -0.05) is 18.2 Å². The number of aliphatic imine (C=N–C) groups is 2.